The minimum atomic E-state index is -1.00. The van der Waals surface area contributed by atoms with Gasteiger partial charge in [0.05, 0.1) is 4.92 Å². The number of alkyl halides is 1. The van der Waals surface area contributed by atoms with E-state index in [1.54, 1.807) is 19.9 Å². The highest BCUT2D eigenvalue weighted by Crippen LogP contribution is 2.17. The maximum absolute atomic E-state index is 12.7. The maximum atomic E-state index is 12.7. The molecule has 0 radical (unpaired) electrons. The summed E-state index contributed by atoms with van der Waals surface area (Å²) in [5, 5.41) is 13.5. The molecule has 0 heterocycles. The predicted molar refractivity (Wildman–Crippen MR) is 90.0 cm³/mol. The smallest absolute Gasteiger partial charge is 0.271 e. The molecular formula is C16H28FN3O2. The first kappa shape index (κ1) is 20.3. The number of non-ortho nitro benzene ring substituents is 1. The van der Waals surface area contributed by atoms with Crippen molar-refractivity contribution in [1.29, 1.82) is 0 Å². The predicted octanol–water partition coefficient (Wildman–Crippen LogP) is 4.28. The van der Waals surface area contributed by atoms with Gasteiger partial charge in [-0.1, -0.05) is 13.0 Å². The van der Waals surface area contributed by atoms with Crippen molar-refractivity contribution >= 4 is 11.4 Å². The highest BCUT2D eigenvalue weighted by Gasteiger charge is 2.13. The second-order valence-corrected chi connectivity index (χ2v) is 5.70. The molecule has 0 fully saturated rings. The van der Waals surface area contributed by atoms with Gasteiger partial charge in [0.2, 0.25) is 0 Å². The molecule has 0 amide bonds. The van der Waals surface area contributed by atoms with Gasteiger partial charge in [0.15, 0.2) is 0 Å². The summed E-state index contributed by atoms with van der Waals surface area (Å²) >= 11 is 0. The number of nitro groups is 1. The minimum absolute atomic E-state index is 0.126. The number of unbranched alkanes of at least 4 members (excludes halogenated alkanes) is 1. The fourth-order valence-corrected chi connectivity index (χ4v) is 1.69. The van der Waals surface area contributed by atoms with E-state index in [1.165, 1.54) is 12.1 Å². The molecule has 22 heavy (non-hydrogen) atoms. The van der Waals surface area contributed by atoms with Crippen LogP contribution in [0.25, 0.3) is 0 Å². The molecule has 126 valence electrons. The van der Waals surface area contributed by atoms with Crippen LogP contribution < -0.4 is 11.1 Å². The maximum Gasteiger partial charge on any atom is 0.271 e. The van der Waals surface area contributed by atoms with E-state index in [9.17, 15) is 14.5 Å². The van der Waals surface area contributed by atoms with Gasteiger partial charge in [0, 0.05) is 24.4 Å². The number of nitrogens with two attached hydrogens (primary N) is 1. The lowest BCUT2D eigenvalue weighted by Crippen LogP contribution is -2.12. The van der Waals surface area contributed by atoms with Gasteiger partial charge in [0.1, 0.15) is 5.67 Å². The summed E-state index contributed by atoms with van der Waals surface area (Å²) in [7, 11) is 0. The molecule has 0 saturated carbocycles. The van der Waals surface area contributed by atoms with Gasteiger partial charge >= 0.3 is 0 Å². The molecule has 0 aliphatic heterocycles. The normalized spacial score (nSPS) is 10.6. The number of nitrogens with zero attached hydrogens (tertiary/aromatic N) is 1. The summed E-state index contributed by atoms with van der Waals surface area (Å²) < 4.78 is 12.7. The Balaban J connectivity index is 0.000000433. The highest BCUT2D eigenvalue weighted by molar-refractivity contribution is 5.50. The third kappa shape index (κ3) is 11.0. The molecule has 0 atom stereocenters. The average Bonchev–Trinajstić information content (AvgIpc) is 2.45. The molecule has 1 rings (SSSR count). The van der Waals surface area contributed by atoms with Crippen molar-refractivity contribution in [2.45, 2.75) is 52.1 Å². The number of hydrogen-bond acceptors (Lipinski definition) is 4. The molecule has 0 aliphatic carbocycles. The summed E-state index contributed by atoms with van der Waals surface area (Å²) in [6, 6.07) is 6.52. The van der Waals surface area contributed by atoms with Crippen LogP contribution in [0.2, 0.25) is 0 Å². The van der Waals surface area contributed by atoms with Gasteiger partial charge in [-0.05, 0) is 52.1 Å². The molecule has 1 aromatic rings. The fourth-order valence-electron chi connectivity index (χ4n) is 1.69. The minimum Gasteiger partial charge on any atom is -0.385 e. The lowest BCUT2D eigenvalue weighted by molar-refractivity contribution is -0.384. The zero-order valence-corrected chi connectivity index (χ0v) is 13.8. The van der Waals surface area contributed by atoms with Crippen molar-refractivity contribution in [2.24, 2.45) is 5.73 Å². The number of anilines is 1. The Bertz CT molecular complexity index is 434. The van der Waals surface area contributed by atoms with E-state index >= 15 is 0 Å². The molecule has 1 aromatic carbocycles. The van der Waals surface area contributed by atoms with Gasteiger partial charge in [-0.15, -0.1) is 0 Å². The lowest BCUT2D eigenvalue weighted by Gasteiger charge is -2.12. The Labute approximate surface area is 132 Å². The standard InChI is InChI=1S/C9H12N2O2.C7H16FN/c1-2-6-10-8-4-3-5-9(7-8)11(12)13;1-7(2,8)5-3-4-6-9/h3-5,7,10H,2,6H2,1H3;3-6,9H2,1-2H3. The largest absolute Gasteiger partial charge is 0.385 e. The molecule has 3 N–H and O–H groups in total. The number of rotatable bonds is 8. The quantitative estimate of drug-likeness (QED) is 0.426. The van der Waals surface area contributed by atoms with E-state index < -0.39 is 10.6 Å². The zero-order valence-electron chi connectivity index (χ0n) is 13.8. The van der Waals surface area contributed by atoms with Crippen molar-refractivity contribution in [3.05, 3.63) is 34.4 Å². The van der Waals surface area contributed by atoms with Crippen molar-refractivity contribution < 1.29 is 9.31 Å². The van der Waals surface area contributed by atoms with Crippen molar-refractivity contribution in [2.75, 3.05) is 18.4 Å². The second-order valence-electron chi connectivity index (χ2n) is 5.70. The van der Waals surface area contributed by atoms with Crippen LogP contribution in [0.1, 0.15) is 46.5 Å². The highest BCUT2D eigenvalue weighted by atomic mass is 19.1. The molecular weight excluding hydrogens is 285 g/mol. The van der Waals surface area contributed by atoms with E-state index in [4.69, 9.17) is 5.73 Å². The summed E-state index contributed by atoms with van der Waals surface area (Å²) in [4.78, 5) is 10.0. The van der Waals surface area contributed by atoms with Gasteiger partial charge in [-0.25, -0.2) is 4.39 Å². The van der Waals surface area contributed by atoms with Gasteiger partial charge in [0.25, 0.3) is 5.69 Å². The van der Waals surface area contributed by atoms with Crippen LogP contribution in [-0.2, 0) is 0 Å². The van der Waals surface area contributed by atoms with Crippen molar-refractivity contribution in [3.63, 3.8) is 0 Å². The van der Waals surface area contributed by atoms with Crippen LogP contribution in [-0.4, -0.2) is 23.7 Å². The lowest BCUT2D eigenvalue weighted by atomic mass is 10.0. The SMILES string of the molecule is CC(C)(F)CCCCN.CCCNc1cccc([N+](=O)[O-])c1. The average molecular weight is 313 g/mol. The number of nitro benzene ring substituents is 1. The Morgan fingerprint density at radius 3 is 2.55 bits per heavy atom. The van der Waals surface area contributed by atoms with Gasteiger partial charge in [-0.3, -0.25) is 10.1 Å². The van der Waals surface area contributed by atoms with Crippen molar-refractivity contribution in [3.8, 4) is 0 Å². The molecule has 6 heteroatoms. The van der Waals surface area contributed by atoms with Crippen LogP contribution in [0.4, 0.5) is 15.8 Å². The van der Waals surface area contributed by atoms with Crippen LogP contribution in [0.5, 0.6) is 0 Å². The van der Waals surface area contributed by atoms with E-state index in [0.29, 0.717) is 13.0 Å². The van der Waals surface area contributed by atoms with Gasteiger partial charge < -0.3 is 11.1 Å². The number of halogens is 1. The number of nitrogens with one attached hydrogen (secondary N) is 1. The first-order chi connectivity index (χ1) is 10.3. The van der Waals surface area contributed by atoms with Crippen LogP contribution in [0.3, 0.4) is 0 Å². The van der Waals surface area contributed by atoms with Crippen molar-refractivity contribution in [1.82, 2.24) is 0 Å². The van der Waals surface area contributed by atoms with Crippen LogP contribution in [0.15, 0.2) is 24.3 Å². The van der Waals surface area contributed by atoms with Gasteiger partial charge in [-0.2, -0.15) is 0 Å². The molecule has 0 spiro atoms. The first-order valence-corrected chi connectivity index (χ1v) is 7.67. The first-order valence-electron chi connectivity index (χ1n) is 7.67. The Kier molecular flexibility index (Phi) is 10.1. The molecule has 0 unspecified atom stereocenters. The number of hydrogen-bond donors (Lipinski definition) is 2. The Morgan fingerprint density at radius 2 is 2.05 bits per heavy atom. The topological polar surface area (TPSA) is 81.2 Å². The van der Waals surface area contributed by atoms with E-state index in [1.807, 2.05) is 13.0 Å². The molecule has 0 aliphatic rings. The molecule has 0 saturated heterocycles. The Morgan fingerprint density at radius 1 is 1.36 bits per heavy atom. The summed E-state index contributed by atoms with van der Waals surface area (Å²) in [5.41, 5.74) is 5.16. The Hall–Kier alpha value is -1.69. The third-order valence-corrected chi connectivity index (χ3v) is 2.86. The van der Waals surface area contributed by atoms with Crippen LogP contribution >= 0.6 is 0 Å². The summed E-state index contributed by atoms with van der Waals surface area (Å²) in [6.45, 7) is 6.76. The van der Waals surface area contributed by atoms with Crippen LogP contribution in [0, 0.1) is 10.1 Å². The number of benzene rings is 1. The summed E-state index contributed by atoms with van der Waals surface area (Å²) in [6.07, 6.45) is 3.47. The molecule has 5 nitrogen and oxygen atoms in total. The van der Waals surface area contributed by atoms with E-state index in [0.717, 1.165) is 31.5 Å². The molecule has 0 bridgehead atoms. The molecule has 0 aromatic heterocycles. The van der Waals surface area contributed by atoms with E-state index in [2.05, 4.69) is 5.32 Å². The fraction of sp³-hybridized carbons (Fsp3) is 0.625. The second kappa shape index (κ2) is 11.0. The monoisotopic (exact) mass is 313 g/mol. The third-order valence-electron chi connectivity index (χ3n) is 2.86. The zero-order chi connectivity index (χ0) is 17.0. The summed E-state index contributed by atoms with van der Waals surface area (Å²) in [5.74, 6) is 0. The van der Waals surface area contributed by atoms with E-state index in [-0.39, 0.29) is 5.69 Å².